The van der Waals surface area contributed by atoms with Gasteiger partial charge in [0.1, 0.15) is 0 Å². The van der Waals surface area contributed by atoms with Crippen molar-refractivity contribution in [3.05, 3.63) is 72.0 Å². The number of amides is 1. The van der Waals surface area contributed by atoms with Crippen molar-refractivity contribution in [2.24, 2.45) is 0 Å². The van der Waals surface area contributed by atoms with Crippen LogP contribution in [0.25, 0.3) is 10.2 Å². The van der Waals surface area contributed by atoms with Crippen molar-refractivity contribution in [1.29, 1.82) is 0 Å². The molecule has 28 heavy (non-hydrogen) atoms. The quantitative estimate of drug-likeness (QED) is 0.521. The minimum absolute atomic E-state index is 0.0179. The maximum Gasteiger partial charge on any atom is 0.284 e. The first-order valence-corrected chi connectivity index (χ1v) is 10.4. The molecule has 2 N–H and O–H groups in total. The largest absolute Gasteiger partial charge is 0.320 e. The lowest BCUT2D eigenvalue weighted by atomic mass is 10.3. The van der Waals surface area contributed by atoms with Crippen molar-refractivity contribution >= 4 is 49.1 Å². The molecule has 2 aromatic heterocycles. The Morgan fingerprint density at radius 2 is 1.64 bits per heavy atom. The Balaban J connectivity index is 1.49. The molecule has 0 atom stereocenters. The van der Waals surface area contributed by atoms with Crippen LogP contribution < -0.4 is 10.0 Å². The molecule has 4 rings (SSSR count). The predicted octanol–water partition coefficient (Wildman–Crippen LogP) is 3.14. The van der Waals surface area contributed by atoms with Crippen LogP contribution >= 0.6 is 11.3 Å². The van der Waals surface area contributed by atoms with E-state index in [0.29, 0.717) is 10.7 Å². The molecule has 8 nitrogen and oxygen atoms in total. The van der Waals surface area contributed by atoms with Crippen LogP contribution in [0.15, 0.2) is 71.9 Å². The van der Waals surface area contributed by atoms with E-state index in [1.165, 1.54) is 48.0 Å². The van der Waals surface area contributed by atoms with Gasteiger partial charge in [0.15, 0.2) is 5.01 Å². The number of hydrogen-bond acceptors (Lipinski definition) is 7. The number of fused-ring (bicyclic) bond motifs is 1. The minimum atomic E-state index is -3.83. The van der Waals surface area contributed by atoms with Gasteiger partial charge in [-0.25, -0.2) is 28.1 Å². The number of aromatic nitrogens is 3. The van der Waals surface area contributed by atoms with E-state index in [9.17, 15) is 13.2 Å². The Morgan fingerprint density at radius 3 is 2.36 bits per heavy atom. The summed E-state index contributed by atoms with van der Waals surface area (Å²) >= 11 is 1.29. The van der Waals surface area contributed by atoms with E-state index in [2.05, 4.69) is 25.0 Å². The minimum Gasteiger partial charge on any atom is -0.320 e. The standard InChI is InChI=1S/C18H13N5O3S2/c24-16(17-22-14-4-1-2-5-15(14)27-17)21-12-6-8-13(9-7-12)28(25,26)23-18-19-10-3-11-20-18/h1-11H,(H,21,24)(H,19,20,23). The van der Waals surface area contributed by atoms with Crippen molar-refractivity contribution in [2.75, 3.05) is 10.0 Å². The molecule has 0 spiro atoms. The van der Waals surface area contributed by atoms with Gasteiger partial charge in [-0.3, -0.25) is 4.79 Å². The van der Waals surface area contributed by atoms with Gasteiger partial charge < -0.3 is 5.32 Å². The summed E-state index contributed by atoms with van der Waals surface area (Å²) in [4.78, 5) is 24.4. The van der Waals surface area contributed by atoms with E-state index in [1.807, 2.05) is 24.3 Å². The highest BCUT2D eigenvalue weighted by Gasteiger charge is 2.16. The normalized spacial score (nSPS) is 11.3. The molecule has 10 heteroatoms. The summed E-state index contributed by atoms with van der Waals surface area (Å²) < 4.78 is 27.9. The number of sulfonamides is 1. The average Bonchev–Trinajstić information content (AvgIpc) is 3.13. The van der Waals surface area contributed by atoms with Crippen molar-refractivity contribution in [3.63, 3.8) is 0 Å². The fourth-order valence-corrected chi connectivity index (χ4v) is 4.22. The second-order valence-electron chi connectivity index (χ2n) is 5.64. The van der Waals surface area contributed by atoms with E-state index in [0.717, 1.165) is 10.2 Å². The Labute approximate surface area is 164 Å². The summed E-state index contributed by atoms with van der Waals surface area (Å²) in [7, 11) is -3.83. The van der Waals surface area contributed by atoms with Crippen LogP contribution in [0.5, 0.6) is 0 Å². The number of para-hydroxylation sites is 1. The number of anilines is 2. The highest BCUT2D eigenvalue weighted by Crippen LogP contribution is 2.23. The molecule has 4 aromatic rings. The zero-order valence-corrected chi connectivity index (χ0v) is 15.9. The van der Waals surface area contributed by atoms with Crippen LogP contribution in [0.4, 0.5) is 11.6 Å². The highest BCUT2D eigenvalue weighted by atomic mass is 32.2. The molecule has 0 saturated heterocycles. The van der Waals surface area contributed by atoms with Crippen LogP contribution in [0.2, 0.25) is 0 Å². The maximum atomic E-state index is 12.4. The van der Waals surface area contributed by atoms with Crippen LogP contribution in [-0.4, -0.2) is 29.3 Å². The number of nitrogens with zero attached hydrogens (tertiary/aromatic N) is 3. The molecular weight excluding hydrogens is 398 g/mol. The van der Waals surface area contributed by atoms with Crippen molar-refractivity contribution < 1.29 is 13.2 Å². The SMILES string of the molecule is O=C(Nc1ccc(S(=O)(=O)Nc2ncccn2)cc1)c1nc2ccccc2s1. The van der Waals surface area contributed by atoms with Gasteiger partial charge in [0.25, 0.3) is 15.9 Å². The first-order valence-electron chi connectivity index (χ1n) is 8.08. The third-order valence-electron chi connectivity index (χ3n) is 3.70. The van der Waals surface area contributed by atoms with Crippen molar-refractivity contribution in [3.8, 4) is 0 Å². The monoisotopic (exact) mass is 411 g/mol. The van der Waals surface area contributed by atoms with E-state index in [-0.39, 0.29) is 16.8 Å². The second kappa shape index (κ2) is 7.33. The number of thiazole rings is 1. The maximum absolute atomic E-state index is 12.4. The molecule has 1 amide bonds. The van der Waals surface area contributed by atoms with E-state index in [1.54, 1.807) is 6.07 Å². The molecule has 2 heterocycles. The van der Waals surface area contributed by atoms with E-state index >= 15 is 0 Å². The Morgan fingerprint density at radius 1 is 0.929 bits per heavy atom. The lowest BCUT2D eigenvalue weighted by molar-refractivity contribution is 0.102. The molecule has 0 aliphatic heterocycles. The Kier molecular flexibility index (Phi) is 4.72. The van der Waals surface area contributed by atoms with Gasteiger partial charge in [-0.2, -0.15) is 0 Å². The third kappa shape index (κ3) is 3.82. The first-order chi connectivity index (χ1) is 13.5. The average molecular weight is 411 g/mol. The molecule has 140 valence electrons. The van der Waals surface area contributed by atoms with E-state index < -0.39 is 10.0 Å². The summed E-state index contributed by atoms with van der Waals surface area (Å²) in [5.74, 6) is -0.372. The van der Waals surface area contributed by atoms with E-state index in [4.69, 9.17) is 0 Å². The Bertz CT molecular complexity index is 1210. The summed E-state index contributed by atoms with van der Waals surface area (Å²) in [6, 6.07) is 14.8. The van der Waals surface area contributed by atoms with Gasteiger partial charge in [-0.05, 0) is 42.5 Å². The van der Waals surface area contributed by atoms with Crippen molar-refractivity contribution in [1.82, 2.24) is 15.0 Å². The zero-order valence-electron chi connectivity index (χ0n) is 14.2. The Hall–Kier alpha value is -3.37. The molecule has 0 bridgehead atoms. The molecule has 0 aliphatic carbocycles. The molecular formula is C18H13N5O3S2. The topological polar surface area (TPSA) is 114 Å². The van der Waals surface area contributed by atoms with Gasteiger partial charge in [-0.15, -0.1) is 11.3 Å². The molecule has 0 fully saturated rings. The number of rotatable bonds is 5. The fraction of sp³-hybridized carbons (Fsp3) is 0. The number of hydrogen-bond donors (Lipinski definition) is 2. The van der Waals surface area contributed by atoms with Crippen LogP contribution in [0, 0.1) is 0 Å². The van der Waals surface area contributed by atoms with Crippen LogP contribution in [0.3, 0.4) is 0 Å². The summed E-state index contributed by atoms with van der Waals surface area (Å²) in [6.45, 7) is 0. The number of benzene rings is 2. The highest BCUT2D eigenvalue weighted by molar-refractivity contribution is 7.92. The smallest absolute Gasteiger partial charge is 0.284 e. The molecule has 0 aliphatic rings. The predicted molar refractivity (Wildman–Crippen MR) is 107 cm³/mol. The molecule has 0 saturated carbocycles. The second-order valence-corrected chi connectivity index (χ2v) is 8.36. The van der Waals surface area contributed by atoms with Gasteiger partial charge in [0, 0.05) is 18.1 Å². The number of carbonyl (C=O) groups is 1. The number of carbonyl (C=O) groups excluding carboxylic acids is 1. The van der Waals surface area contributed by atoms with Gasteiger partial charge in [0.05, 0.1) is 15.1 Å². The summed E-state index contributed by atoms with van der Waals surface area (Å²) in [5.41, 5.74) is 1.22. The lowest BCUT2D eigenvalue weighted by Gasteiger charge is -2.07. The fourth-order valence-electron chi connectivity index (χ4n) is 2.40. The first kappa shape index (κ1) is 18.0. The lowest BCUT2D eigenvalue weighted by Crippen LogP contribution is -2.15. The molecule has 0 radical (unpaired) electrons. The third-order valence-corrected chi connectivity index (χ3v) is 6.08. The zero-order chi connectivity index (χ0) is 19.6. The van der Waals surface area contributed by atoms with Crippen LogP contribution in [-0.2, 0) is 10.0 Å². The molecule has 2 aromatic carbocycles. The van der Waals surface area contributed by atoms with Gasteiger partial charge in [-0.1, -0.05) is 12.1 Å². The molecule has 0 unspecified atom stereocenters. The summed E-state index contributed by atoms with van der Waals surface area (Å²) in [6.07, 6.45) is 2.87. The summed E-state index contributed by atoms with van der Waals surface area (Å²) in [5, 5.41) is 3.05. The van der Waals surface area contributed by atoms with Gasteiger partial charge >= 0.3 is 0 Å². The number of nitrogens with one attached hydrogen (secondary N) is 2. The van der Waals surface area contributed by atoms with Crippen LogP contribution in [0.1, 0.15) is 9.80 Å². The van der Waals surface area contributed by atoms with Crippen molar-refractivity contribution in [2.45, 2.75) is 4.90 Å². The van der Waals surface area contributed by atoms with Gasteiger partial charge in [0.2, 0.25) is 5.95 Å².